The van der Waals surface area contributed by atoms with Crippen molar-refractivity contribution in [2.75, 3.05) is 18.8 Å². The van der Waals surface area contributed by atoms with Gasteiger partial charge in [-0.2, -0.15) is 5.06 Å². The molecule has 0 N–H and O–H groups in total. The number of pyridine rings is 1. The van der Waals surface area contributed by atoms with Gasteiger partial charge in [0, 0.05) is 10.7 Å². The summed E-state index contributed by atoms with van der Waals surface area (Å²) in [6.07, 6.45) is 0.827. The monoisotopic (exact) mass is 450 g/mol. The Labute approximate surface area is 170 Å². The third-order valence-electron chi connectivity index (χ3n) is 3.47. The first-order chi connectivity index (χ1) is 13.5. The van der Waals surface area contributed by atoms with E-state index in [9.17, 15) is 14.4 Å². The summed E-state index contributed by atoms with van der Waals surface area (Å²) < 4.78 is 10.1. The predicted molar refractivity (Wildman–Crippen MR) is 103 cm³/mol. The van der Waals surface area contributed by atoms with Crippen molar-refractivity contribution in [3.05, 3.63) is 58.2 Å². The molecule has 0 radical (unpaired) electrons. The number of carbonyl (C=O) groups is 3. The van der Waals surface area contributed by atoms with Gasteiger partial charge in [0.1, 0.15) is 18.6 Å². The van der Waals surface area contributed by atoms with Crippen LogP contribution in [-0.4, -0.2) is 36.5 Å². The second-order valence-electron chi connectivity index (χ2n) is 5.45. The van der Waals surface area contributed by atoms with Gasteiger partial charge in [-0.25, -0.2) is 9.78 Å². The average molecular weight is 451 g/mol. The first-order valence-electron chi connectivity index (χ1n) is 8.35. The largest absolute Gasteiger partial charge is 0.469 e. The molecule has 0 atom stereocenters. The summed E-state index contributed by atoms with van der Waals surface area (Å²) in [5.74, 6) is -2.23. The van der Waals surface area contributed by atoms with Crippen LogP contribution in [0, 0.1) is 0 Å². The van der Waals surface area contributed by atoms with Gasteiger partial charge >= 0.3 is 11.9 Å². The number of amides is 1. The van der Waals surface area contributed by atoms with E-state index in [0.29, 0.717) is 4.47 Å². The fourth-order valence-corrected chi connectivity index (χ4v) is 2.52. The SMILES string of the molecule is CCOC(=O)c1cc(Br)cnc1N(OCc1ccccc1)C(=O)CC(=O)OC. The molecule has 0 saturated carbocycles. The highest BCUT2D eigenvalue weighted by Gasteiger charge is 2.27. The maximum Gasteiger partial charge on any atom is 0.342 e. The van der Waals surface area contributed by atoms with Gasteiger partial charge < -0.3 is 9.47 Å². The summed E-state index contributed by atoms with van der Waals surface area (Å²) in [6.45, 7) is 1.83. The van der Waals surface area contributed by atoms with Crippen LogP contribution in [0.3, 0.4) is 0 Å². The number of hydrogen-bond donors (Lipinski definition) is 0. The van der Waals surface area contributed by atoms with Crippen LogP contribution in [0.2, 0.25) is 0 Å². The molecule has 1 amide bonds. The molecule has 8 nitrogen and oxygen atoms in total. The van der Waals surface area contributed by atoms with E-state index in [4.69, 9.17) is 9.57 Å². The van der Waals surface area contributed by atoms with Gasteiger partial charge in [0.15, 0.2) is 5.82 Å². The first kappa shape index (κ1) is 21.5. The highest BCUT2D eigenvalue weighted by Crippen LogP contribution is 2.24. The van der Waals surface area contributed by atoms with Crippen LogP contribution < -0.4 is 5.06 Å². The molecule has 0 fully saturated rings. The molecule has 0 saturated heterocycles. The van der Waals surface area contributed by atoms with Crippen molar-refractivity contribution < 1.29 is 28.7 Å². The van der Waals surface area contributed by atoms with Crippen molar-refractivity contribution in [3.8, 4) is 0 Å². The molecule has 2 rings (SSSR count). The summed E-state index contributed by atoms with van der Waals surface area (Å²) in [4.78, 5) is 46.3. The number of benzene rings is 1. The van der Waals surface area contributed by atoms with Crippen molar-refractivity contribution in [3.63, 3.8) is 0 Å². The van der Waals surface area contributed by atoms with Gasteiger partial charge in [0.2, 0.25) is 0 Å². The Hall–Kier alpha value is -2.78. The predicted octanol–water partition coefficient (Wildman–Crippen LogP) is 3.05. The van der Waals surface area contributed by atoms with Crippen LogP contribution in [0.5, 0.6) is 0 Å². The molecule has 1 aromatic heterocycles. The average Bonchev–Trinajstić information content (AvgIpc) is 2.69. The standard InChI is InChI=1S/C19H19BrN2O6/c1-3-27-19(25)15-9-14(20)11-21-18(15)22(16(23)10-17(24)26-2)28-12-13-7-5-4-6-8-13/h4-9,11H,3,10,12H2,1-2H3. The Morgan fingerprint density at radius 3 is 2.54 bits per heavy atom. The minimum Gasteiger partial charge on any atom is -0.469 e. The van der Waals surface area contributed by atoms with Crippen molar-refractivity contribution in [1.29, 1.82) is 0 Å². The maximum atomic E-state index is 12.6. The molecule has 0 bridgehead atoms. The number of methoxy groups -OCH3 is 1. The van der Waals surface area contributed by atoms with E-state index in [0.717, 1.165) is 10.6 Å². The topological polar surface area (TPSA) is 95.0 Å². The molecule has 1 aromatic carbocycles. The highest BCUT2D eigenvalue weighted by molar-refractivity contribution is 9.10. The van der Waals surface area contributed by atoms with Gasteiger partial charge in [0.05, 0.1) is 13.7 Å². The van der Waals surface area contributed by atoms with Crippen LogP contribution in [-0.2, 0) is 30.5 Å². The summed E-state index contributed by atoms with van der Waals surface area (Å²) >= 11 is 3.24. The van der Waals surface area contributed by atoms with E-state index >= 15 is 0 Å². The van der Waals surface area contributed by atoms with Crippen LogP contribution in [0.25, 0.3) is 0 Å². The van der Waals surface area contributed by atoms with Crippen LogP contribution in [0.15, 0.2) is 47.1 Å². The summed E-state index contributed by atoms with van der Waals surface area (Å²) in [7, 11) is 1.17. The lowest BCUT2D eigenvalue weighted by Crippen LogP contribution is -2.35. The molecule has 0 unspecified atom stereocenters. The zero-order chi connectivity index (χ0) is 20.5. The second-order valence-corrected chi connectivity index (χ2v) is 6.36. The lowest BCUT2D eigenvalue weighted by Gasteiger charge is -2.22. The Morgan fingerprint density at radius 1 is 1.18 bits per heavy atom. The van der Waals surface area contributed by atoms with E-state index in [-0.39, 0.29) is 24.6 Å². The first-order valence-corrected chi connectivity index (χ1v) is 9.14. The number of aromatic nitrogens is 1. The number of esters is 2. The normalized spacial score (nSPS) is 10.2. The number of rotatable bonds is 8. The second kappa shape index (κ2) is 10.5. The van der Waals surface area contributed by atoms with E-state index < -0.39 is 24.3 Å². The zero-order valence-electron chi connectivity index (χ0n) is 15.4. The Kier molecular flexibility index (Phi) is 8.09. The quantitative estimate of drug-likeness (QED) is 0.346. The lowest BCUT2D eigenvalue weighted by molar-refractivity contribution is -0.145. The molecular weight excluding hydrogens is 432 g/mol. The van der Waals surface area contributed by atoms with Crippen molar-refractivity contribution >= 4 is 39.6 Å². The molecule has 2 aromatic rings. The Morgan fingerprint density at radius 2 is 1.89 bits per heavy atom. The molecule has 1 heterocycles. The number of anilines is 1. The maximum absolute atomic E-state index is 12.6. The van der Waals surface area contributed by atoms with Gasteiger partial charge in [-0.1, -0.05) is 30.3 Å². The lowest BCUT2D eigenvalue weighted by atomic mass is 10.2. The molecule has 0 aliphatic carbocycles. The van der Waals surface area contributed by atoms with Crippen molar-refractivity contribution in [1.82, 2.24) is 4.98 Å². The van der Waals surface area contributed by atoms with E-state index in [1.165, 1.54) is 19.4 Å². The van der Waals surface area contributed by atoms with Gasteiger partial charge in [-0.15, -0.1) is 0 Å². The Balaban J connectivity index is 2.38. The van der Waals surface area contributed by atoms with Crippen LogP contribution in [0.1, 0.15) is 29.3 Å². The molecular formula is C19H19BrN2O6. The van der Waals surface area contributed by atoms with Crippen LogP contribution in [0.4, 0.5) is 5.82 Å². The molecule has 0 aliphatic rings. The fourth-order valence-electron chi connectivity index (χ4n) is 2.18. The van der Waals surface area contributed by atoms with E-state index in [2.05, 4.69) is 25.7 Å². The summed E-state index contributed by atoms with van der Waals surface area (Å²) in [5, 5.41) is 0.822. The van der Waals surface area contributed by atoms with Crippen molar-refractivity contribution in [2.45, 2.75) is 20.0 Å². The molecule has 0 spiro atoms. The number of halogens is 1. The third kappa shape index (κ3) is 5.86. The fraction of sp³-hybridized carbons (Fsp3) is 0.263. The number of carbonyl (C=O) groups excluding carboxylic acids is 3. The van der Waals surface area contributed by atoms with Gasteiger partial charge in [-0.05, 0) is 34.5 Å². The van der Waals surface area contributed by atoms with E-state index in [1.807, 2.05) is 30.3 Å². The minimum atomic E-state index is -0.742. The number of hydroxylamine groups is 1. The molecule has 148 valence electrons. The zero-order valence-corrected chi connectivity index (χ0v) is 17.0. The molecule has 0 aliphatic heterocycles. The van der Waals surface area contributed by atoms with Gasteiger partial charge in [0.25, 0.3) is 5.91 Å². The third-order valence-corrected chi connectivity index (χ3v) is 3.91. The van der Waals surface area contributed by atoms with Gasteiger partial charge in [-0.3, -0.25) is 14.4 Å². The van der Waals surface area contributed by atoms with E-state index in [1.54, 1.807) is 6.92 Å². The molecule has 9 heteroatoms. The van der Waals surface area contributed by atoms with Crippen molar-refractivity contribution in [2.24, 2.45) is 0 Å². The highest BCUT2D eigenvalue weighted by atomic mass is 79.9. The van der Waals surface area contributed by atoms with Crippen LogP contribution >= 0.6 is 15.9 Å². The Bertz CT molecular complexity index is 844. The molecule has 28 heavy (non-hydrogen) atoms. The minimum absolute atomic E-state index is 0.0162. The number of nitrogens with zero attached hydrogens (tertiary/aromatic N) is 2. The smallest absolute Gasteiger partial charge is 0.342 e. The summed E-state index contributed by atoms with van der Waals surface area (Å²) in [6, 6.07) is 10.6. The number of hydrogen-bond acceptors (Lipinski definition) is 7. The number of ether oxygens (including phenoxy) is 2. The summed E-state index contributed by atoms with van der Waals surface area (Å²) in [5.41, 5.74) is 0.802.